The van der Waals surface area contributed by atoms with Crippen LogP contribution >= 0.6 is 0 Å². The van der Waals surface area contributed by atoms with E-state index in [9.17, 15) is 8.42 Å². The molecule has 3 atom stereocenters. The maximum absolute atomic E-state index is 12.2. The number of aryl methyl sites for hydroxylation is 1. The first kappa shape index (κ1) is 13.1. The third-order valence-corrected chi connectivity index (χ3v) is 4.99. The van der Waals surface area contributed by atoms with E-state index in [0.29, 0.717) is 13.2 Å². The molecule has 3 rings (SSSR count). The summed E-state index contributed by atoms with van der Waals surface area (Å²) >= 11 is 0. The number of nitrogens with one attached hydrogen (secondary N) is 1. The number of fused-ring (bicyclic) bond motifs is 1. The molecule has 5 nitrogen and oxygen atoms in total. The van der Waals surface area contributed by atoms with Crippen LogP contribution in [0.5, 0.6) is 0 Å². The fraction of sp³-hybridized carbons (Fsp3) is 0.538. The maximum Gasteiger partial charge on any atom is 0.297 e. The number of hydrogen-bond donors (Lipinski definition) is 1. The van der Waals surface area contributed by atoms with Gasteiger partial charge in [0.1, 0.15) is 12.2 Å². The number of benzene rings is 1. The second-order valence-corrected chi connectivity index (χ2v) is 6.61. The van der Waals surface area contributed by atoms with Crippen LogP contribution in [-0.4, -0.2) is 39.8 Å². The van der Waals surface area contributed by atoms with Crippen molar-refractivity contribution in [2.24, 2.45) is 0 Å². The van der Waals surface area contributed by atoms with Crippen molar-refractivity contribution >= 4 is 10.1 Å². The van der Waals surface area contributed by atoms with E-state index in [2.05, 4.69) is 5.32 Å². The first-order valence-electron chi connectivity index (χ1n) is 6.41. The van der Waals surface area contributed by atoms with Crippen LogP contribution in [0.15, 0.2) is 29.2 Å². The summed E-state index contributed by atoms with van der Waals surface area (Å²) in [6.07, 6.45) is 0.328. The highest BCUT2D eigenvalue weighted by molar-refractivity contribution is 7.86. The first-order valence-corrected chi connectivity index (χ1v) is 7.82. The normalized spacial score (nSPS) is 30.5. The molecular formula is C13H17NO4S. The van der Waals surface area contributed by atoms with E-state index in [1.54, 1.807) is 24.3 Å². The zero-order valence-electron chi connectivity index (χ0n) is 10.7. The number of rotatable bonds is 3. The summed E-state index contributed by atoms with van der Waals surface area (Å²) in [5, 5.41) is 3.24. The fourth-order valence-electron chi connectivity index (χ4n) is 2.59. The van der Waals surface area contributed by atoms with Gasteiger partial charge >= 0.3 is 0 Å². The predicted octanol–water partition coefficient (Wildman–Crippen LogP) is 0.830. The summed E-state index contributed by atoms with van der Waals surface area (Å²) in [6.45, 7) is 3.09. The molecule has 2 fully saturated rings. The fourth-order valence-corrected chi connectivity index (χ4v) is 3.68. The Morgan fingerprint density at radius 1 is 1.32 bits per heavy atom. The summed E-state index contributed by atoms with van der Waals surface area (Å²) < 4.78 is 35.2. The van der Waals surface area contributed by atoms with Gasteiger partial charge in [0.25, 0.3) is 10.1 Å². The minimum absolute atomic E-state index is 0.153. The van der Waals surface area contributed by atoms with Gasteiger partial charge in [-0.15, -0.1) is 0 Å². The molecule has 0 aromatic heterocycles. The lowest BCUT2D eigenvalue weighted by molar-refractivity contribution is 0.0342. The molecule has 0 radical (unpaired) electrons. The Hall–Kier alpha value is -0.950. The standard InChI is InChI=1S/C13H17NO4S/c1-9-2-4-10(5-3-9)19(15,16)18-12-8-14-11-6-7-17-13(11)12/h2-5,11-14H,6-8H2,1H3/t11-,12-,13+/m1/s1. The highest BCUT2D eigenvalue weighted by Gasteiger charge is 2.43. The van der Waals surface area contributed by atoms with Gasteiger partial charge in [0.15, 0.2) is 0 Å². The minimum atomic E-state index is -3.72. The van der Waals surface area contributed by atoms with E-state index in [4.69, 9.17) is 8.92 Å². The van der Waals surface area contributed by atoms with Gasteiger partial charge in [0.05, 0.1) is 4.90 Å². The number of ether oxygens (including phenoxy) is 1. The Bertz CT molecular complexity index is 555. The molecule has 2 aliphatic heterocycles. The van der Waals surface area contributed by atoms with Gasteiger partial charge in [0, 0.05) is 19.2 Å². The molecule has 2 heterocycles. The molecule has 2 aliphatic rings. The highest BCUT2D eigenvalue weighted by atomic mass is 32.2. The lowest BCUT2D eigenvalue weighted by atomic mass is 10.1. The zero-order valence-corrected chi connectivity index (χ0v) is 11.5. The monoisotopic (exact) mass is 283 g/mol. The molecule has 19 heavy (non-hydrogen) atoms. The average molecular weight is 283 g/mol. The van der Waals surface area contributed by atoms with Crippen LogP contribution in [-0.2, 0) is 19.0 Å². The maximum atomic E-state index is 12.2. The summed E-state index contributed by atoms with van der Waals surface area (Å²) in [7, 11) is -3.72. The topological polar surface area (TPSA) is 64.6 Å². The van der Waals surface area contributed by atoms with Gasteiger partial charge in [-0.1, -0.05) is 17.7 Å². The van der Waals surface area contributed by atoms with Crippen LogP contribution in [0, 0.1) is 6.92 Å². The molecule has 1 aromatic rings. The van der Waals surface area contributed by atoms with E-state index < -0.39 is 16.2 Å². The molecule has 1 aromatic carbocycles. The Balaban J connectivity index is 1.76. The largest absolute Gasteiger partial charge is 0.374 e. The second kappa shape index (κ2) is 4.86. The molecule has 6 heteroatoms. The molecule has 2 saturated heterocycles. The van der Waals surface area contributed by atoms with E-state index in [1.165, 1.54) is 0 Å². The van der Waals surface area contributed by atoms with Crippen LogP contribution < -0.4 is 5.32 Å². The van der Waals surface area contributed by atoms with Crippen LogP contribution in [0.2, 0.25) is 0 Å². The lowest BCUT2D eigenvalue weighted by Gasteiger charge is -2.17. The van der Waals surface area contributed by atoms with E-state index >= 15 is 0 Å². The summed E-state index contributed by atoms with van der Waals surface area (Å²) in [4.78, 5) is 0.194. The van der Waals surface area contributed by atoms with Crippen molar-refractivity contribution in [2.75, 3.05) is 13.2 Å². The van der Waals surface area contributed by atoms with Gasteiger partial charge in [-0.3, -0.25) is 4.18 Å². The van der Waals surface area contributed by atoms with Gasteiger partial charge in [0.2, 0.25) is 0 Å². The smallest absolute Gasteiger partial charge is 0.297 e. The SMILES string of the molecule is Cc1ccc(S(=O)(=O)O[C@@H]2CN[C@@H]3CCO[C@@H]32)cc1. The van der Waals surface area contributed by atoms with E-state index in [0.717, 1.165) is 12.0 Å². The molecule has 0 saturated carbocycles. The average Bonchev–Trinajstić information content (AvgIpc) is 2.95. The quantitative estimate of drug-likeness (QED) is 0.832. The summed E-state index contributed by atoms with van der Waals surface area (Å²) in [6, 6.07) is 6.88. The van der Waals surface area contributed by atoms with Crippen molar-refractivity contribution in [3.05, 3.63) is 29.8 Å². The molecule has 0 bridgehead atoms. The van der Waals surface area contributed by atoms with Crippen LogP contribution in [0.25, 0.3) is 0 Å². The van der Waals surface area contributed by atoms with Crippen LogP contribution in [0.4, 0.5) is 0 Å². The van der Waals surface area contributed by atoms with Crippen molar-refractivity contribution in [1.82, 2.24) is 5.32 Å². The summed E-state index contributed by atoms with van der Waals surface area (Å²) in [5.74, 6) is 0. The van der Waals surface area contributed by atoms with Gasteiger partial charge in [-0.25, -0.2) is 0 Å². The first-order chi connectivity index (χ1) is 9.06. The van der Waals surface area contributed by atoms with Crippen molar-refractivity contribution in [1.29, 1.82) is 0 Å². The highest BCUT2D eigenvalue weighted by Crippen LogP contribution is 2.26. The third kappa shape index (κ3) is 2.53. The van der Waals surface area contributed by atoms with Gasteiger partial charge in [-0.05, 0) is 25.5 Å². The van der Waals surface area contributed by atoms with Crippen molar-refractivity contribution in [2.45, 2.75) is 36.5 Å². The molecule has 104 valence electrons. The summed E-state index contributed by atoms with van der Waals surface area (Å²) in [5.41, 5.74) is 1.01. The Kier molecular flexibility index (Phi) is 3.34. The Labute approximate surface area is 113 Å². The predicted molar refractivity (Wildman–Crippen MR) is 69.4 cm³/mol. The van der Waals surface area contributed by atoms with E-state index in [-0.39, 0.29) is 17.0 Å². The molecule has 0 aliphatic carbocycles. The molecule has 0 spiro atoms. The number of hydrogen-bond acceptors (Lipinski definition) is 5. The minimum Gasteiger partial charge on any atom is -0.374 e. The van der Waals surface area contributed by atoms with Crippen LogP contribution in [0.3, 0.4) is 0 Å². The van der Waals surface area contributed by atoms with Gasteiger partial charge in [-0.2, -0.15) is 8.42 Å². The van der Waals surface area contributed by atoms with Crippen LogP contribution in [0.1, 0.15) is 12.0 Å². The molecule has 1 N–H and O–H groups in total. The van der Waals surface area contributed by atoms with E-state index in [1.807, 2.05) is 6.92 Å². The lowest BCUT2D eigenvalue weighted by Crippen LogP contribution is -2.32. The van der Waals surface area contributed by atoms with Crippen molar-refractivity contribution in [3.8, 4) is 0 Å². The molecule has 0 amide bonds. The zero-order chi connectivity index (χ0) is 13.5. The van der Waals surface area contributed by atoms with Crippen molar-refractivity contribution in [3.63, 3.8) is 0 Å². The van der Waals surface area contributed by atoms with Crippen molar-refractivity contribution < 1.29 is 17.3 Å². The molecule has 0 unspecified atom stereocenters. The Morgan fingerprint density at radius 3 is 2.79 bits per heavy atom. The second-order valence-electron chi connectivity index (χ2n) is 5.04. The Morgan fingerprint density at radius 2 is 2.05 bits per heavy atom. The third-order valence-electron chi connectivity index (χ3n) is 3.64. The molecular weight excluding hydrogens is 266 g/mol. The van der Waals surface area contributed by atoms with Gasteiger partial charge < -0.3 is 10.1 Å².